The van der Waals surface area contributed by atoms with E-state index in [-0.39, 0.29) is 5.91 Å². The van der Waals surface area contributed by atoms with Crippen molar-refractivity contribution in [3.8, 4) is 11.5 Å². The number of rotatable bonds is 6. The number of carbonyl (C=O) groups excluding carboxylic acids is 1. The number of aryl methyl sites for hydroxylation is 3. The molecule has 0 bridgehead atoms. The van der Waals surface area contributed by atoms with Crippen molar-refractivity contribution < 1.29 is 9.21 Å². The van der Waals surface area contributed by atoms with E-state index in [0.717, 1.165) is 40.6 Å². The number of aromatic nitrogens is 2. The van der Waals surface area contributed by atoms with E-state index in [4.69, 9.17) is 4.42 Å². The highest BCUT2D eigenvalue weighted by atomic mass is 32.1. The largest absolute Gasteiger partial charge is 0.441 e. The van der Waals surface area contributed by atoms with E-state index in [1.54, 1.807) is 17.5 Å². The van der Waals surface area contributed by atoms with Crippen LogP contribution in [-0.4, -0.2) is 15.9 Å². The van der Waals surface area contributed by atoms with Gasteiger partial charge in [-0.05, 0) is 44.9 Å². The lowest BCUT2D eigenvalue weighted by molar-refractivity contribution is -0.116. The summed E-state index contributed by atoms with van der Waals surface area (Å²) in [6.45, 7) is 3.80. The van der Waals surface area contributed by atoms with Gasteiger partial charge < -0.3 is 9.73 Å². The molecule has 6 heteroatoms. The van der Waals surface area contributed by atoms with Crippen molar-refractivity contribution in [2.75, 3.05) is 5.32 Å². The topological polar surface area (TPSA) is 68.0 Å². The average molecular weight is 341 g/mol. The minimum absolute atomic E-state index is 0.00321. The maximum atomic E-state index is 12.1. The summed E-state index contributed by atoms with van der Waals surface area (Å²) >= 11 is 1.62. The van der Waals surface area contributed by atoms with Crippen molar-refractivity contribution in [1.82, 2.24) is 9.97 Å². The highest BCUT2D eigenvalue weighted by Gasteiger charge is 2.10. The van der Waals surface area contributed by atoms with Crippen LogP contribution in [0, 0.1) is 13.8 Å². The van der Waals surface area contributed by atoms with Gasteiger partial charge in [0.05, 0.1) is 10.7 Å². The number of carbonyl (C=O) groups is 1. The van der Waals surface area contributed by atoms with Crippen molar-refractivity contribution in [3.63, 3.8) is 0 Å². The predicted octanol–water partition coefficient (Wildman–Crippen LogP) is 4.38. The number of nitrogens with zero attached hydrogens (tertiary/aromatic N) is 2. The fraction of sp³-hybridized carbons (Fsp3) is 0.278. The normalized spacial score (nSPS) is 10.8. The molecule has 1 amide bonds. The van der Waals surface area contributed by atoms with Crippen LogP contribution in [0.15, 0.2) is 40.3 Å². The molecule has 0 saturated heterocycles. The van der Waals surface area contributed by atoms with Gasteiger partial charge in [-0.15, -0.1) is 11.3 Å². The van der Waals surface area contributed by atoms with Gasteiger partial charge in [0.1, 0.15) is 5.76 Å². The summed E-state index contributed by atoms with van der Waals surface area (Å²) in [7, 11) is 0. The van der Waals surface area contributed by atoms with Gasteiger partial charge in [-0.3, -0.25) is 4.79 Å². The van der Waals surface area contributed by atoms with E-state index < -0.39 is 0 Å². The first kappa shape index (κ1) is 16.4. The molecular weight excluding hydrogens is 322 g/mol. The molecule has 0 fully saturated rings. The number of nitrogens with one attached hydrogen (secondary N) is 1. The molecule has 24 heavy (non-hydrogen) atoms. The average Bonchev–Trinajstić information content (AvgIpc) is 3.18. The Morgan fingerprint density at radius 2 is 2.21 bits per heavy atom. The standard InChI is InChI=1S/C18H19N3O2S/c1-12-13(2)23-18(20-12)14-5-3-6-15(11-14)21-16(22)7-4-8-17-19-9-10-24-17/h3,5-6,9-11H,4,7-8H2,1-2H3,(H,21,22). The molecule has 5 nitrogen and oxygen atoms in total. The molecule has 3 aromatic rings. The fourth-order valence-corrected chi connectivity index (χ4v) is 2.99. The maximum absolute atomic E-state index is 12.1. The number of oxazole rings is 1. The Kier molecular flexibility index (Phi) is 5.05. The van der Waals surface area contributed by atoms with Crippen molar-refractivity contribution >= 4 is 22.9 Å². The summed E-state index contributed by atoms with van der Waals surface area (Å²) in [4.78, 5) is 20.7. The molecule has 1 aromatic carbocycles. The Hall–Kier alpha value is -2.47. The van der Waals surface area contributed by atoms with E-state index in [2.05, 4.69) is 15.3 Å². The molecule has 0 aliphatic rings. The van der Waals surface area contributed by atoms with Crippen LogP contribution >= 0.6 is 11.3 Å². The Morgan fingerprint density at radius 3 is 2.92 bits per heavy atom. The zero-order valence-corrected chi connectivity index (χ0v) is 14.5. The molecule has 0 aliphatic heterocycles. The first-order valence-electron chi connectivity index (χ1n) is 7.84. The summed E-state index contributed by atoms with van der Waals surface area (Å²) in [6, 6.07) is 7.55. The predicted molar refractivity (Wildman–Crippen MR) is 95.1 cm³/mol. The van der Waals surface area contributed by atoms with Gasteiger partial charge in [-0.25, -0.2) is 9.97 Å². The van der Waals surface area contributed by atoms with E-state index in [0.29, 0.717) is 12.3 Å². The second-order valence-electron chi connectivity index (χ2n) is 5.57. The third-order valence-electron chi connectivity index (χ3n) is 3.70. The van der Waals surface area contributed by atoms with Gasteiger partial charge in [0.15, 0.2) is 0 Å². The quantitative estimate of drug-likeness (QED) is 0.722. The van der Waals surface area contributed by atoms with Gasteiger partial charge in [0.25, 0.3) is 0 Å². The molecule has 0 aliphatic carbocycles. The summed E-state index contributed by atoms with van der Waals surface area (Å²) in [5, 5.41) is 5.95. The number of hydrogen-bond acceptors (Lipinski definition) is 5. The van der Waals surface area contributed by atoms with E-state index in [1.807, 2.05) is 43.5 Å². The molecular formula is C18H19N3O2S. The number of anilines is 1. The third kappa shape index (κ3) is 4.08. The molecule has 0 saturated carbocycles. The number of hydrogen-bond donors (Lipinski definition) is 1. The molecule has 2 heterocycles. The summed E-state index contributed by atoms with van der Waals surface area (Å²) in [5.41, 5.74) is 2.48. The molecule has 2 aromatic heterocycles. The lowest BCUT2D eigenvalue weighted by Crippen LogP contribution is -2.11. The Morgan fingerprint density at radius 1 is 1.33 bits per heavy atom. The van der Waals surface area contributed by atoms with Crippen LogP contribution in [0.4, 0.5) is 5.69 Å². The van der Waals surface area contributed by atoms with Crippen LogP contribution in [-0.2, 0) is 11.2 Å². The molecule has 1 N–H and O–H groups in total. The minimum atomic E-state index is 0.00321. The molecule has 0 radical (unpaired) electrons. The van der Waals surface area contributed by atoms with E-state index in [1.165, 1.54) is 0 Å². The van der Waals surface area contributed by atoms with Gasteiger partial charge in [-0.1, -0.05) is 6.07 Å². The lowest BCUT2D eigenvalue weighted by atomic mass is 10.2. The van der Waals surface area contributed by atoms with Crippen LogP contribution in [0.2, 0.25) is 0 Å². The highest BCUT2D eigenvalue weighted by molar-refractivity contribution is 7.09. The molecule has 0 spiro atoms. The Labute approximate surface area is 144 Å². The van der Waals surface area contributed by atoms with Crippen molar-refractivity contribution in [2.45, 2.75) is 33.1 Å². The molecule has 0 atom stereocenters. The van der Waals surface area contributed by atoms with Crippen LogP contribution in [0.25, 0.3) is 11.5 Å². The SMILES string of the molecule is Cc1nc(-c2cccc(NC(=O)CCCc3nccs3)c2)oc1C. The lowest BCUT2D eigenvalue weighted by Gasteiger charge is -2.06. The van der Waals surface area contributed by atoms with Gasteiger partial charge in [0.2, 0.25) is 11.8 Å². The van der Waals surface area contributed by atoms with Gasteiger partial charge in [-0.2, -0.15) is 0 Å². The first-order chi connectivity index (χ1) is 11.6. The highest BCUT2D eigenvalue weighted by Crippen LogP contribution is 2.24. The summed E-state index contributed by atoms with van der Waals surface area (Å²) in [5.74, 6) is 1.38. The number of amides is 1. The second-order valence-corrected chi connectivity index (χ2v) is 6.55. The fourth-order valence-electron chi connectivity index (χ4n) is 2.33. The zero-order valence-electron chi connectivity index (χ0n) is 13.7. The first-order valence-corrected chi connectivity index (χ1v) is 8.72. The smallest absolute Gasteiger partial charge is 0.226 e. The summed E-state index contributed by atoms with van der Waals surface area (Å²) < 4.78 is 5.64. The Balaban J connectivity index is 1.58. The Bertz CT molecular complexity index is 805. The van der Waals surface area contributed by atoms with Gasteiger partial charge >= 0.3 is 0 Å². The minimum Gasteiger partial charge on any atom is -0.441 e. The van der Waals surface area contributed by atoms with Gasteiger partial charge in [0, 0.05) is 29.2 Å². The van der Waals surface area contributed by atoms with Crippen molar-refractivity contribution in [2.24, 2.45) is 0 Å². The third-order valence-corrected chi connectivity index (χ3v) is 4.54. The number of thiazole rings is 1. The van der Waals surface area contributed by atoms with E-state index >= 15 is 0 Å². The van der Waals surface area contributed by atoms with Crippen LogP contribution in [0.1, 0.15) is 29.3 Å². The summed E-state index contributed by atoms with van der Waals surface area (Å²) in [6.07, 6.45) is 3.88. The van der Waals surface area contributed by atoms with Crippen LogP contribution < -0.4 is 5.32 Å². The van der Waals surface area contributed by atoms with Crippen molar-refractivity contribution in [1.29, 1.82) is 0 Å². The van der Waals surface area contributed by atoms with Crippen molar-refractivity contribution in [3.05, 3.63) is 52.3 Å². The molecule has 124 valence electrons. The molecule has 3 rings (SSSR count). The van der Waals surface area contributed by atoms with Crippen LogP contribution in [0.5, 0.6) is 0 Å². The zero-order chi connectivity index (χ0) is 16.9. The monoisotopic (exact) mass is 341 g/mol. The number of benzene rings is 1. The maximum Gasteiger partial charge on any atom is 0.226 e. The van der Waals surface area contributed by atoms with Crippen LogP contribution in [0.3, 0.4) is 0 Å². The van der Waals surface area contributed by atoms with E-state index in [9.17, 15) is 4.79 Å². The second kappa shape index (κ2) is 7.40. The molecule has 0 unspecified atom stereocenters.